The number of benzene rings is 1. The normalized spacial score (nSPS) is 10.9. The van der Waals surface area contributed by atoms with Gasteiger partial charge in [0.15, 0.2) is 0 Å². The van der Waals surface area contributed by atoms with Gasteiger partial charge in [0.25, 0.3) is 0 Å². The number of hydrogen-bond donors (Lipinski definition) is 1. The van der Waals surface area contributed by atoms with Crippen LogP contribution in [0, 0.1) is 0 Å². The summed E-state index contributed by atoms with van der Waals surface area (Å²) in [5, 5.41) is 14.4. The fourth-order valence-corrected chi connectivity index (χ4v) is 1.88. The maximum atomic E-state index is 10.9. The number of nitrogens with zero attached hydrogens (tertiary/aromatic N) is 2. The second-order valence-electron chi connectivity index (χ2n) is 3.65. The lowest BCUT2D eigenvalue weighted by Crippen LogP contribution is -1.99. The highest BCUT2D eigenvalue weighted by atomic mass is 16.4. The smallest absolute Gasteiger partial charge is 0.335 e. The number of carboxylic acids is 1. The first-order valence-electron chi connectivity index (χ1n) is 5.40. The van der Waals surface area contributed by atoms with Crippen LogP contribution in [0.4, 0.5) is 0 Å². The predicted octanol–water partition coefficient (Wildman–Crippen LogP) is 2.32. The van der Waals surface area contributed by atoms with Crippen molar-refractivity contribution in [3.8, 4) is 0 Å². The molecule has 1 N–H and O–H groups in total. The zero-order valence-electron chi connectivity index (χ0n) is 9.40. The summed E-state index contributed by atoms with van der Waals surface area (Å²) in [6.45, 7) is 4.80. The van der Waals surface area contributed by atoms with Crippen molar-refractivity contribution in [1.29, 1.82) is 0 Å². The molecule has 2 rings (SSSR count). The summed E-state index contributed by atoms with van der Waals surface area (Å²) in [4.78, 5) is 10.9. The lowest BCUT2D eigenvalue weighted by Gasteiger charge is -1.99. The largest absolute Gasteiger partial charge is 0.478 e. The number of carboxylic acid groups (broad SMARTS) is 1. The molecule has 0 aliphatic heterocycles. The van der Waals surface area contributed by atoms with E-state index in [-0.39, 0.29) is 0 Å². The molecule has 0 atom stereocenters. The second-order valence-corrected chi connectivity index (χ2v) is 3.65. The van der Waals surface area contributed by atoms with Crippen molar-refractivity contribution >= 4 is 16.9 Å². The third-order valence-corrected chi connectivity index (χ3v) is 2.71. The van der Waals surface area contributed by atoms with E-state index in [1.54, 1.807) is 12.1 Å². The summed E-state index contributed by atoms with van der Waals surface area (Å²) < 4.78 is 1.85. The molecule has 84 valence electrons. The Morgan fingerprint density at radius 2 is 2.19 bits per heavy atom. The van der Waals surface area contributed by atoms with Crippen molar-refractivity contribution in [3.05, 3.63) is 29.5 Å². The van der Waals surface area contributed by atoms with Crippen LogP contribution >= 0.6 is 0 Å². The topological polar surface area (TPSA) is 55.1 Å². The van der Waals surface area contributed by atoms with Gasteiger partial charge in [-0.1, -0.05) is 13.0 Å². The molecule has 4 heteroatoms. The summed E-state index contributed by atoms with van der Waals surface area (Å²) in [7, 11) is 0. The Hall–Kier alpha value is -1.84. The molecular formula is C12H14N2O2. The van der Waals surface area contributed by atoms with E-state index in [0.29, 0.717) is 5.56 Å². The molecule has 1 aromatic heterocycles. The zero-order chi connectivity index (χ0) is 11.7. The van der Waals surface area contributed by atoms with Gasteiger partial charge in [-0.2, -0.15) is 5.10 Å². The maximum absolute atomic E-state index is 10.9. The van der Waals surface area contributed by atoms with E-state index in [4.69, 9.17) is 5.11 Å². The van der Waals surface area contributed by atoms with Crippen molar-refractivity contribution in [3.63, 3.8) is 0 Å². The minimum Gasteiger partial charge on any atom is -0.478 e. The van der Waals surface area contributed by atoms with Gasteiger partial charge in [0, 0.05) is 11.9 Å². The molecular weight excluding hydrogens is 204 g/mol. The third-order valence-electron chi connectivity index (χ3n) is 2.71. The molecule has 0 aliphatic rings. The molecule has 16 heavy (non-hydrogen) atoms. The first-order valence-corrected chi connectivity index (χ1v) is 5.40. The van der Waals surface area contributed by atoms with E-state index in [1.165, 1.54) is 0 Å². The van der Waals surface area contributed by atoms with Crippen molar-refractivity contribution < 1.29 is 9.90 Å². The molecule has 1 aromatic carbocycles. The molecule has 0 bridgehead atoms. The monoisotopic (exact) mass is 218 g/mol. The highest BCUT2D eigenvalue weighted by molar-refractivity contribution is 5.94. The SMILES string of the molecule is CCc1nn(CC)c2cc(C(=O)O)ccc12. The van der Waals surface area contributed by atoms with Crippen LogP contribution in [0.3, 0.4) is 0 Å². The standard InChI is InChI=1S/C12H14N2O2/c1-3-10-9-6-5-8(12(15)16)7-11(9)14(4-2)13-10/h5-7H,3-4H2,1-2H3,(H,15,16). The van der Waals surface area contributed by atoms with E-state index >= 15 is 0 Å². The third kappa shape index (κ3) is 1.56. The predicted molar refractivity (Wildman–Crippen MR) is 61.7 cm³/mol. The number of rotatable bonds is 3. The average molecular weight is 218 g/mol. The Morgan fingerprint density at radius 1 is 1.44 bits per heavy atom. The second kappa shape index (κ2) is 3.96. The Bertz CT molecular complexity index is 543. The number of fused-ring (bicyclic) bond motifs is 1. The lowest BCUT2D eigenvalue weighted by atomic mass is 10.1. The van der Waals surface area contributed by atoms with Gasteiger partial charge < -0.3 is 5.11 Å². The van der Waals surface area contributed by atoms with Crippen LogP contribution in [-0.4, -0.2) is 20.9 Å². The van der Waals surface area contributed by atoms with Gasteiger partial charge in [-0.05, 0) is 25.5 Å². The molecule has 0 fully saturated rings. The molecule has 2 aromatic rings. The summed E-state index contributed by atoms with van der Waals surface area (Å²) in [5.74, 6) is -0.899. The minimum atomic E-state index is -0.899. The van der Waals surface area contributed by atoms with Gasteiger partial charge in [0.2, 0.25) is 0 Å². The van der Waals surface area contributed by atoms with Gasteiger partial charge in [0.1, 0.15) is 0 Å². The summed E-state index contributed by atoms with van der Waals surface area (Å²) >= 11 is 0. The van der Waals surface area contributed by atoms with Gasteiger partial charge in [-0.25, -0.2) is 4.79 Å². The maximum Gasteiger partial charge on any atom is 0.335 e. The van der Waals surface area contributed by atoms with E-state index in [1.807, 2.05) is 24.6 Å². The molecule has 0 amide bonds. The molecule has 0 unspecified atom stereocenters. The fraction of sp³-hybridized carbons (Fsp3) is 0.333. The molecule has 0 aliphatic carbocycles. The van der Waals surface area contributed by atoms with Crippen molar-refractivity contribution in [2.45, 2.75) is 26.8 Å². The quantitative estimate of drug-likeness (QED) is 0.860. The number of hydrogen-bond acceptors (Lipinski definition) is 2. The Kier molecular flexibility index (Phi) is 2.64. The molecule has 0 saturated heterocycles. The van der Waals surface area contributed by atoms with E-state index in [2.05, 4.69) is 5.10 Å². The van der Waals surface area contributed by atoms with Crippen LogP contribution in [0.1, 0.15) is 29.9 Å². The highest BCUT2D eigenvalue weighted by Gasteiger charge is 2.11. The summed E-state index contributed by atoms with van der Waals surface area (Å²) in [6.07, 6.45) is 0.857. The van der Waals surface area contributed by atoms with E-state index in [9.17, 15) is 4.79 Å². The van der Waals surface area contributed by atoms with Crippen LogP contribution < -0.4 is 0 Å². The van der Waals surface area contributed by atoms with Crippen LogP contribution in [0.15, 0.2) is 18.2 Å². The first kappa shape index (κ1) is 10.7. The van der Waals surface area contributed by atoms with Crippen molar-refractivity contribution in [1.82, 2.24) is 9.78 Å². The molecule has 0 radical (unpaired) electrons. The summed E-state index contributed by atoms with van der Waals surface area (Å²) in [6, 6.07) is 5.16. The van der Waals surface area contributed by atoms with Crippen LogP contribution in [-0.2, 0) is 13.0 Å². The first-order chi connectivity index (χ1) is 7.67. The number of aromatic nitrogens is 2. The van der Waals surface area contributed by atoms with E-state index < -0.39 is 5.97 Å². The van der Waals surface area contributed by atoms with E-state index in [0.717, 1.165) is 29.6 Å². The van der Waals surface area contributed by atoms with Gasteiger partial charge in [0.05, 0.1) is 16.8 Å². The van der Waals surface area contributed by atoms with Crippen molar-refractivity contribution in [2.24, 2.45) is 0 Å². The van der Waals surface area contributed by atoms with Crippen LogP contribution in [0.2, 0.25) is 0 Å². The Morgan fingerprint density at radius 3 is 2.75 bits per heavy atom. The van der Waals surface area contributed by atoms with Gasteiger partial charge in [-0.3, -0.25) is 4.68 Å². The Labute approximate surface area is 93.5 Å². The fourth-order valence-electron chi connectivity index (χ4n) is 1.88. The zero-order valence-corrected chi connectivity index (χ0v) is 9.40. The number of aromatic carboxylic acids is 1. The lowest BCUT2D eigenvalue weighted by molar-refractivity contribution is 0.0697. The summed E-state index contributed by atoms with van der Waals surface area (Å²) in [5.41, 5.74) is 2.23. The Balaban J connectivity index is 2.71. The molecule has 1 heterocycles. The average Bonchev–Trinajstić information content (AvgIpc) is 2.65. The number of aryl methyl sites for hydroxylation is 2. The molecule has 0 spiro atoms. The number of carbonyl (C=O) groups is 1. The molecule has 0 saturated carbocycles. The minimum absolute atomic E-state index is 0.310. The van der Waals surface area contributed by atoms with Gasteiger partial charge >= 0.3 is 5.97 Å². The van der Waals surface area contributed by atoms with Crippen LogP contribution in [0.25, 0.3) is 10.9 Å². The van der Waals surface area contributed by atoms with Gasteiger partial charge in [-0.15, -0.1) is 0 Å². The highest BCUT2D eigenvalue weighted by Crippen LogP contribution is 2.20. The van der Waals surface area contributed by atoms with Crippen molar-refractivity contribution in [2.75, 3.05) is 0 Å². The van der Waals surface area contributed by atoms with Crippen LogP contribution in [0.5, 0.6) is 0 Å². The molecule has 4 nitrogen and oxygen atoms in total.